The van der Waals surface area contributed by atoms with Crippen molar-refractivity contribution in [2.75, 3.05) is 38.0 Å². The third-order valence-corrected chi connectivity index (χ3v) is 7.94. The molecule has 0 fully saturated rings. The van der Waals surface area contributed by atoms with Crippen LogP contribution in [0.1, 0.15) is 35.3 Å². The number of nitrogens with zero attached hydrogens (tertiary/aromatic N) is 2. The van der Waals surface area contributed by atoms with E-state index in [-0.39, 0.29) is 36.6 Å². The van der Waals surface area contributed by atoms with Crippen LogP contribution in [-0.2, 0) is 21.4 Å². The number of hydrogen-bond acceptors (Lipinski definition) is 9. The number of anilines is 4. The van der Waals surface area contributed by atoms with Gasteiger partial charge in [-0.25, -0.2) is 4.98 Å². The maximum absolute atomic E-state index is 13.8. The van der Waals surface area contributed by atoms with Crippen molar-refractivity contribution < 1.29 is 36.6 Å². The number of carbonyl (C=O) groups excluding carboxylic acids is 1. The molecule has 40 heavy (non-hydrogen) atoms. The standard InChI is InChI=1S/C25H28BrF3N5O5P/c1-5-38-40(36,39-6-2)14-15-7-9-20(21(11-15)37-4)33-24-31-13-18(25(27,28)29)22(34-24)32-19-10-8-16(26)12-17(19)23(35)30-3/h7-13,36H,5-6,14H2,1-4H3,(H2-,30,31,32,33,34,35)/p+1. The van der Waals surface area contributed by atoms with E-state index in [1.165, 1.54) is 26.3 Å². The number of nitrogens with one attached hydrogen (secondary N) is 3. The average Bonchev–Trinajstić information content (AvgIpc) is 2.89. The lowest BCUT2D eigenvalue weighted by Gasteiger charge is -2.18. The molecule has 3 rings (SSSR count). The summed E-state index contributed by atoms with van der Waals surface area (Å²) in [5, 5.41) is 7.96. The number of ether oxygens (including phenoxy) is 1. The van der Waals surface area contributed by atoms with Crippen LogP contribution in [0, 0.1) is 0 Å². The maximum atomic E-state index is 13.8. The van der Waals surface area contributed by atoms with E-state index in [9.17, 15) is 22.9 Å². The van der Waals surface area contributed by atoms with Crippen LogP contribution in [0.4, 0.5) is 36.3 Å². The van der Waals surface area contributed by atoms with Gasteiger partial charge in [-0.15, -0.1) is 0 Å². The summed E-state index contributed by atoms with van der Waals surface area (Å²) >= 11 is 3.26. The number of hydrogen-bond donors (Lipinski definition) is 4. The Labute approximate surface area is 238 Å². The number of amides is 1. The number of rotatable bonds is 12. The van der Waals surface area contributed by atoms with Crippen molar-refractivity contribution in [2.24, 2.45) is 0 Å². The Kier molecular flexibility index (Phi) is 10.7. The van der Waals surface area contributed by atoms with Gasteiger partial charge in [-0.05, 0) is 44.2 Å². The van der Waals surface area contributed by atoms with Gasteiger partial charge in [0.05, 0.1) is 37.3 Å². The lowest BCUT2D eigenvalue weighted by Crippen LogP contribution is -2.20. The first kappa shape index (κ1) is 31.5. The summed E-state index contributed by atoms with van der Waals surface area (Å²) in [6.45, 7) is 4.04. The molecule has 15 heteroatoms. The van der Waals surface area contributed by atoms with Crippen LogP contribution >= 0.6 is 23.9 Å². The number of methoxy groups -OCH3 is 1. The van der Waals surface area contributed by atoms with Crippen LogP contribution in [-0.4, -0.2) is 48.1 Å². The number of halogens is 4. The summed E-state index contributed by atoms with van der Waals surface area (Å²) in [4.78, 5) is 31.0. The number of carbonyl (C=O) groups is 1. The Morgan fingerprint density at radius 1 is 1.07 bits per heavy atom. The average molecular weight is 647 g/mol. The first-order valence-electron chi connectivity index (χ1n) is 12.0. The fourth-order valence-electron chi connectivity index (χ4n) is 3.64. The molecule has 0 bridgehead atoms. The van der Waals surface area contributed by atoms with Gasteiger partial charge in [0, 0.05) is 23.3 Å². The van der Waals surface area contributed by atoms with Crippen molar-refractivity contribution in [1.29, 1.82) is 0 Å². The Balaban J connectivity index is 1.96. The van der Waals surface area contributed by atoms with E-state index in [0.717, 1.165) is 0 Å². The summed E-state index contributed by atoms with van der Waals surface area (Å²) in [6, 6.07) is 9.46. The van der Waals surface area contributed by atoms with E-state index in [0.29, 0.717) is 27.7 Å². The molecule has 1 aromatic heterocycles. The molecular formula is C25H29BrF3N5O5P+. The highest BCUT2D eigenvalue weighted by Crippen LogP contribution is 2.59. The van der Waals surface area contributed by atoms with Gasteiger partial charge < -0.3 is 20.7 Å². The fraction of sp³-hybridized carbons (Fsp3) is 0.320. The molecule has 10 nitrogen and oxygen atoms in total. The molecule has 0 saturated heterocycles. The first-order chi connectivity index (χ1) is 18.9. The van der Waals surface area contributed by atoms with E-state index in [1.54, 1.807) is 38.1 Å². The zero-order valence-electron chi connectivity index (χ0n) is 22.1. The number of alkyl halides is 3. The van der Waals surface area contributed by atoms with Gasteiger partial charge in [-0.1, -0.05) is 22.0 Å². The molecule has 0 aliphatic carbocycles. The van der Waals surface area contributed by atoms with E-state index in [1.807, 2.05) is 0 Å². The quantitative estimate of drug-likeness (QED) is 0.164. The second-order valence-electron chi connectivity index (χ2n) is 8.14. The maximum Gasteiger partial charge on any atom is 0.421 e. The molecular weight excluding hydrogens is 618 g/mol. The minimum absolute atomic E-state index is 0.108. The van der Waals surface area contributed by atoms with E-state index in [4.69, 9.17) is 13.8 Å². The van der Waals surface area contributed by atoms with Crippen molar-refractivity contribution in [3.05, 3.63) is 63.8 Å². The third kappa shape index (κ3) is 8.01. The predicted octanol–water partition coefficient (Wildman–Crippen LogP) is 6.44. The largest absolute Gasteiger partial charge is 0.495 e. The minimum Gasteiger partial charge on any atom is -0.495 e. The molecule has 1 heterocycles. The Hall–Kier alpha value is -3.03. The summed E-state index contributed by atoms with van der Waals surface area (Å²) in [6.07, 6.45) is -4.02. The third-order valence-electron chi connectivity index (χ3n) is 5.36. The normalized spacial score (nSPS) is 11.7. The highest BCUT2D eigenvalue weighted by molar-refractivity contribution is 9.10. The molecule has 0 atom stereocenters. The Morgan fingerprint density at radius 2 is 1.75 bits per heavy atom. The van der Waals surface area contributed by atoms with Crippen LogP contribution in [0.2, 0.25) is 0 Å². The van der Waals surface area contributed by atoms with Crippen LogP contribution in [0.3, 0.4) is 0 Å². The zero-order valence-corrected chi connectivity index (χ0v) is 24.6. The van der Waals surface area contributed by atoms with Crippen LogP contribution in [0.5, 0.6) is 5.75 Å². The first-order valence-corrected chi connectivity index (χ1v) is 14.5. The van der Waals surface area contributed by atoms with Gasteiger partial charge in [0.25, 0.3) is 5.91 Å². The van der Waals surface area contributed by atoms with Crippen molar-refractivity contribution >= 4 is 52.9 Å². The van der Waals surface area contributed by atoms with Crippen LogP contribution < -0.4 is 20.7 Å². The molecule has 0 spiro atoms. The molecule has 1 amide bonds. The van der Waals surface area contributed by atoms with Crippen LogP contribution in [0.15, 0.2) is 47.1 Å². The fourth-order valence-corrected chi connectivity index (χ4v) is 5.72. The Bertz CT molecular complexity index is 1340. The molecule has 0 aliphatic heterocycles. The summed E-state index contributed by atoms with van der Waals surface area (Å²) < 4.78 is 58.4. The SMILES string of the molecule is CCO[P+](O)(Cc1ccc(Nc2ncc(C(F)(F)F)c(Nc3ccc(Br)cc3C(=O)NC)n2)c(OC)c1)OCC. The molecule has 216 valence electrons. The summed E-state index contributed by atoms with van der Waals surface area (Å²) in [7, 11) is -0.294. The monoisotopic (exact) mass is 646 g/mol. The van der Waals surface area contributed by atoms with Gasteiger partial charge in [0.2, 0.25) is 5.95 Å². The number of benzene rings is 2. The molecule has 3 aromatic rings. The summed E-state index contributed by atoms with van der Waals surface area (Å²) in [5.74, 6) is -0.897. The lowest BCUT2D eigenvalue weighted by molar-refractivity contribution is -0.137. The van der Waals surface area contributed by atoms with Gasteiger partial charge in [0.15, 0.2) is 6.16 Å². The van der Waals surface area contributed by atoms with Crippen molar-refractivity contribution in [3.63, 3.8) is 0 Å². The molecule has 0 saturated carbocycles. The van der Waals surface area contributed by atoms with Gasteiger partial charge in [-0.2, -0.15) is 32.1 Å². The van der Waals surface area contributed by atoms with E-state index < -0.39 is 31.4 Å². The molecule has 4 N–H and O–H groups in total. The predicted molar refractivity (Wildman–Crippen MR) is 150 cm³/mol. The lowest BCUT2D eigenvalue weighted by atomic mass is 10.1. The minimum atomic E-state index is -4.77. The second kappa shape index (κ2) is 13.6. The summed E-state index contributed by atoms with van der Waals surface area (Å²) in [5.41, 5.74) is 0.117. The van der Waals surface area contributed by atoms with Crippen molar-refractivity contribution in [3.8, 4) is 5.75 Å². The second-order valence-corrected chi connectivity index (χ2v) is 11.2. The highest BCUT2D eigenvalue weighted by Gasteiger charge is 2.40. The van der Waals surface area contributed by atoms with Gasteiger partial charge in [-0.3, -0.25) is 4.79 Å². The van der Waals surface area contributed by atoms with Crippen molar-refractivity contribution in [1.82, 2.24) is 15.3 Å². The van der Waals surface area contributed by atoms with Gasteiger partial charge in [0.1, 0.15) is 17.1 Å². The van der Waals surface area contributed by atoms with Gasteiger partial charge >= 0.3 is 14.1 Å². The zero-order chi connectivity index (χ0) is 29.5. The molecule has 0 unspecified atom stereocenters. The highest BCUT2D eigenvalue weighted by atomic mass is 79.9. The van der Waals surface area contributed by atoms with E-state index in [2.05, 4.69) is 41.8 Å². The molecule has 0 radical (unpaired) electrons. The molecule has 2 aromatic carbocycles. The topological polar surface area (TPSA) is 127 Å². The van der Waals surface area contributed by atoms with Crippen LogP contribution in [0.25, 0.3) is 0 Å². The molecule has 0 aliphatic rings. The van der Waals surface area contributed by atoms with Crippen molar-refractivity contribution in [2.45, 2.75) is 26.2 Å². The smallest absolute Gasteiger partial charge is 0.421 e. The Morgan fingerprint density at radius 3 is 2.35 bits per heavy atom. The van der Waals surface area contributed by atoms with E-state index >= 15 is 0 Å². The number of aromatic nitrogens is 2.